The first-order chi connectivity index (χ1) is 6.74. The van der Waals surface area contributed by atoms with E-state index in [0.717, 1.165) is 18.1 Å². The van der Waals surface area contributed by atoms with Gasteiger partial charge in [0, 0.05) is 30.2 Å². The molecular weight excluding hydrogens is 196 g/mol. The first-order valence-electron chi connectivity index (χ1n) is 4.77. The van der Waals surface area contributed by atoms with E-state index in [1.807, 2.05) is 11.8 Å². The molecule has 1 aromatic heterocycles. The Morgan fingerprint density at radius 1 is 1.43 bits per heavy atom. The molecular formula is C10H16N2OS. The van der Waals surface area contributed by atoms with Crippen LogP contribution in [0.2, 0.25) is 0 Å². The van der Waals surface area contributed by atoms with E-state index in [4.69, 9.17) is 5.73 Å². The Morgan fingerprint density at radius 2 is 2.21 bits per heavy atom. The maximum Gasteiger partial charge on any atom is 0.250 e. The van der Waals surface area contributed by atoms with Gasteiger partial charge in [-0.2, -0.15) is 11.8 Å². The van der Waals surface area contributed by atoms with E-state index in [0.29, 0.717) is 5.69 Å². The molecule has 0 saturated carbocycles. The summed E-state index contributed by atoms with van der Waals surface area (Å²) in [6, 6.07) is 3.15. The van der Waals surface area contributed by atoms with E-state index in [-0.39, 0.29) is 5.56 Å². The van der Waals surface area contributed by atoms with Crippen LogP contribution >= 0.6 is 11.8 Å². The Morgan fingerprint density at radius 3 is 2.93 bits per heavy atom. The van der Waals surface area contributed by atoms with Crippen LogP contribution in [0.5, 0.6) is 0 Å². The van der Waals surface area contributed by atoms with E-state index >= 15 is 0 Å². The molecule has 1 rings (SSSR count). The lowest BCUT2D eigenvalue weighted by molar-refractivity contribution is 0.737. The maximum absolute atomic E-state index is 11.3. The monoisotopic (exact) mass is 212 g/mol. The lowest BCUT2D eigenvalue weighted by Crippen LogP contribution is -2.19. The highest BCUT2D eigenvalue weighted by Crippen LogP contribution is 2.03. The van der Waals surface area contributed by atoms with Crippen molar-refractivity contribution in [3.05, 3.63) is 28.7 Å². The Bertz CT molecular complexity index is 335. The summed E-state index contributed by atoms with van der Waals surface area (Å²) < 4.78 is 1.66. The number of hydrogen-bond acceptors (Lipinski definition) is 3. The normalized spacial score (nSPS) is 10.4. The molecule has 0 atom stereocenters. The molecule has 0 fully saturated rings. The molecule has 78 valence electrons. The molecule has 0 aliphatic rings. The Balaban J connectivity index is 2.49. The summed E-state index contributed by atoms with van der Waals surface area (Å²) in [4.78, 5) is 11.3. The number of nitrogens with zero attached hydrogens (tertiary/aromatic N) is 1. The number of thioether (sulfide) groups is 1. The summed E-state index contributed by atoms with van der Waals surface area (Å²) in [6.07, 6.45) is 2.88. The van der Waals surface area contributed by atoms with Gasteiger partial charge in [-0.1, -0.05) is 6.92 Å². The average molecular weight is 212 g/mol. The number of rotatable bonds is 5. The minimum absolute atomic E-state index is 0.0244. The van der Waals surface area contributed by atoms with Gasteiger partial charge in [0.2, 0.25) is 0 Å². The van der Waals surface area contributed by atoms with Crippen molar-refractivity contribution in [2.24, 2.45) is 0 Å². The number of pyridine rings is 1. The Kier molecular flexibility index (Phi) is 4.59. The molecule has 1 heterocycles. The fourth-order valence-corrected chi connectivity index (χ4v) is 1.95. The quantitative estimate of drug-likeness (QED) is 0.754. The average Bonchev–Trinajstić information content (AvgIpc) is 2.18. The van der Waals surface area contributed by atoms with Gasteiger partial charge in [0.15, 0.2) is 0 Å². The van der Waals surface area contributed by atoms with Crippen LogP contribution in [0.4, 0.5) is 5.69 Å². The second-order valence-electron chi connectivity index (χ2n) is 3.11. The molecule has 0 unspecified atom stereocenters. The molecule has 2 N–H and O–H groups in total. The lowest BCUT2D eigenvalue weighted by Gasteiger charge is -2.05. The number of anilines is 1. The van der Waals surface area contributed by atoms with Crippen LogP contribution in [0.25, 0.3) is 0 Å². The molecule has 0 aromatic carbocycles. The van der Waals surface area contributed by atoms with Crippen molar-refractivity contribution in [1.82, 2.24) is 4.57 Å². The smallest absolute Gasteiger partial charge is 0.250 e. The first-order valence-corrected chi connectivity index (χ1v) is 5.93. The summed E-state index contributed by atoms with van der Waals surface area (Å²) in [7, 11) is 0. The van der Waals surface area contributed by atoms with Crippen LogP contribution in [0, 0.1) is 0 Å². The summed E-state index contributed by atoms with van der Waals surface area (Å²) in [5.41, 5.74) is 6.26. The van der Waals surface area contributed by atoms with Crippen LogP contribution in [-0.4, -0.2) is 16.1 Å². The zero-order chi connectivity index (χ0) is 10.4. The van der Waals surface area contributed by atoms with Crippen LogP contribution in [0.3, 0.4) is 0 Å². The first kappa shape index (κ1) is 11.2. The van der Waals surface area contributed by atoms with Gasteiger partial charge >= 0.3 is 0 Å². The van der Waals surface area contributed by atoms with Crippen molar-refractivity contribution in [2.45, 2.75) is 19.9 Å². The summed E-state index contributed by atoms with van der Waals surface area (Å²) in [6.45, 7) is 2.90. The van der Waals surface area contributed by atoms with Crippen molar-refractivity contribution in [3.8, 4) is 0 Å². The van der Waals surface area contributed by atoms with Crippen LogP contribution in [0.15, 0.2) is 23.1 Å². The molecule has 0 radical (unpaired) electrons. The van der Waals surface area contributed by atoms with Gasteiger partial charge in [0.25, 0.3) is 5.56 Å². The molecule has 0 saturated heterocycles. The molecule has 0 spiro atoms. The molecule has 1 aromatic rings. The van der Waals surface area contributed by atoms with E-state index in [1.54, 1.807) is 16.8 Å². The fourth-order valence-electron chi connectivity index (χ4n) is 1.13. The van der Waals surface area contributed by atoms with E-state index < -0.39 is 0 Å². The predicted molar refractivity (Wildman–Crippen MR) is 62.7 cm³/mol. The van der Waals surface area contributed by atoms with Crippen molar-refractivity contribution < 1.29 is 0 Å². The van der Waals surface area contributed by atoms with Gasteiger partial charge in [-0.25, -0.2) is 0 Å². The topological polar surface area (TPSA) is 48.0 Å². The second kappa shape index (κ2) is 5.75. The van der Waals surface area contributed by atoms with E-state index in [9.17, 15) is 4.79 Å². The largest absolute Gasteiger partial charge is 0.398 e. The predicted octanol–water partition coefficient (Wildman–Crippen LogP) is 1.57. The molecule has 0 aliphatic carbocycles. The van der Waals surface area contributed by atoms with Crippen molar-refractivity contribution in [1.29, 1.82) is 0 Å². The SMILES string of the molecule is CCCSCCn1cc(N)ccc1=O. The minimum atomic E-state index is 0.0244. The Labute approximate surface area is 88.3 Å². The van der Waals surface area contributed by atoms with Crippen LogP contribution in [-0.2, 0) is 6.54 Å². The zero-order valence-electron chi connectivity index (χ0n) is 8.40. The highest BCUT2D eigenvalue weighted by molar-refractivity contribution is 7.99. The number of aryl methyl sites for hydroxylation is 1. The van der Waals surface area contributed by atoms with Gasteiger partial charge in [0.05, 0.1) is 0 Å². The third-order valence-corrected chi connectivity index (χ3v) is 3.00. The molecule has 14 heavy (non-hydrogen) atoms. The highest BCUT2D eigenvalue weighted by Gasteiger charge is 1.95. The molecule has 0 amide bonds. The molecule has 0 bridgehead atoms. The van der Waals surface area contributed by atoms with Gasteiger partial charge in [-0.05, 0) is 18.2 Å². The summed E-state index contributed by atoms with van der Waals surface area (Å²) in [5.74, 6) is 2.12. The second-order valence-corrected chi connectivity index (χ2v) is 4.33. The van der Waals surface area contributed by atoms with Gasteiger partial charge in [-0.3, -0.25) is 4.79 Å². The van der Waals surface area contributed by atoms with Crippen molar-refractivity contribution in [3.63, 3.8) is 0 Å². The van der Waals surface area contributed by atoms with Gasteiger partial charge in [-0.15, -0.1) is 0 Å². The number of hydrogen-bond donors (Lipinski definition) is 1. The van der Waals surface area contributed by atoms with Crippen molar-refractivity contribution in [2.75, 3.05) is 17.2 Å². The minimum Gasteiger partial charge on any atom is -0.398 e. The van der Waals surface area contributed by atoms with Crippen LogP contribution in [0.1, 0.15) is 13.3 Å². The Hall–Kier alpha value is -0.900. The fraction of sp³-hybridized carbons (Fsp3) is 0.500. The third kappa shape index (κ3) is 3.46. The zero-order valence-corrected chi connectivity index (χ0v) is 9.22. The van der Waals surface area contributed by atoms with E-state index in [2.05, 4.69) is 6.92 Å². The summed E-state index contributed by atoms with van der Waals surface area (Å²) >= 11 is 1.86. The number of nitrogen functional groups attached to an aromatic ring is 1. The lowest BCUT2D eigenvalue weighted by atomic mass is 10.4. The summed E-state index contributed by atoms with van der Waals surface area (Å²) in [5, 5.41) is 0. The molecule has 4 heteroatoms. The standard InChI is InChI=1S/C10H16N2OS/c1-2-6-14-7-5-12-8-9(11)3-4-10(12)13/h3-4,8H,2,5-7,11H2,1H3. The number of aromatic nitrogens is 1. The van der Waals surface area contributed by atoms with Gasteiger partial charge < -0.3 is 10.3 Å². The molecule has 0 aliphatic heterocycles. The number of nitrogens with two attached hydrogens (primary N) is 1. The van der Waals surface area contributed by atoms with Crippen molar-refractivity contribution >= 4 is 17.4 Å². The van der Waals surface area contributed by atoms with Crippen LogP contribution < -0.4 is 11.3 Å². The third-order valence-electron chi connectivity index (χ3n) is 1.83. The van der Waals surface area contributed by atoms with E-state index in [1.165, 1.54) is 12.5 Å². The highest BCUT2D eigenvalue weighted by atomic mass is 32.2. The van der Waals surface area contributed by atoms with Gasteiger partial charge in [0.1, 0.15) is 0 Å². The molecule has 3 nitrogen and oxygen atoms in total. The maximum atomic E-state index is 11.3.